The zero-order chi connectivity index (χ0) is 10.3. The van der Waals surface area contributed by atoms with Crippen molar-refractivity contribution in [2.45, 2.75) is 6.92 Å². The number of benzene rings is 1. The molecule has 0 bridgehead atoms. The van der Waals surface area contributed by atoms with Crippen LogP contribution < -0.4 is 0 Å². The normalized spacial score (nSPS) is 10.7. The summed E-state index contributed by atoms with van der Waals surface area (Å²) in [4.78, 5) is 10.8. The number of hydrogen-bond donors (Lipinski definition) is 1. The minimum absolute atomic E-state index is 0.344. The van der Waals surface area contributed by atoms with Crippen LogP contribution in [0.3, 0.4) is 0 Å². The van der Waals surface area contributed by atoms with E-state index in [9.17, 15) is 4.79 Å². The third-order valence-corrected chi connectivity index (χ3v) is 2.46. The second-order valence-electron chi connectivity index (χ2n) is 3.46. The zero-order valence-corrected chi connectivity index (χ0v) is 8.11. The van der Waals surface area contributed by atoms with Crippen LogP contribution in [0.5, 0.6) is 0 Å². The maximum atomic E-state index is 10.8. The number of hydrogen-bond acceptors (Lipinski definition) is 1. The first-order valence-electron chi connectivity index (χ1n) is 4.38. The molecule has 1 aromatic carbocycles. The second kappa shape index (κ2) is 2.87. The van der Waals surface area contributed by atoms with E-state index >= 15 is 0 Å². The molecule has 0 aliphatic heterocycles. The van der Waals surface area contributed by atoms with Crippen LogP contribution >= 0.6 is 0 Å². The van der Waals surface area contributed by atoms with E-state index in [4.69, 9.17) is 5.11 Å². The lowest BCUT2D eigenvalue weighted by Gasteiger charge is -2.01. The van der Waals surface area contributed by atoms with E-state index in [2.05, 4.69) is 0 Å². The van der Waals surface area contributed by atoms with Gasteiger partial charge >= 0.3 is 5.97 Å². The summed E-state index contributed by atoms with van der Waals surface area (Å²) in [5.74, 6) is -0.879. The molecule has 0 amide bonds. The quantitative estimate of drug-likeness (QED) is 0.747. The van der Waals surface area contributed by atoms with Gasteiger partial charge in [-0.1, -0.05) is 0 Å². The highest BCUT2D eigenvalue weighted by Gasteiger charge is 2.08. The number of carboxylic acid groups (broad SMARTS) is 1. The molecule has 0 saturated carbocycles. The van der Waals surface area contributed by atoms with Crippen molar-refractivity contribution in [3.63, 3.8) is 0 Å². The van der Waals surface area contributed by atoms with Gasteiger partial charge in [0.15, 0.2) is 0 Å². The summed E-state index contributed by atoms with van der Waals surface area (Å²) in [5.41, 5.74) is 2.31. The van der Waals surface area contributed by atoms with Gasteiger partial charge in [-0.05, 0) is 30.7 Å². The van der Waals surface area contributed by atoms with Gasteiger partial charge in [0.1, 0.15) is 0 Å². The Kier molecular flexibility index (Phi) is 1.81. The number of carboxylic acids is 1. The Bertz CT molecular complexity index is 511. The van der Waals surface area contributed by atoms with E-state index in [0.29, 0.717) is 5.56 Å². The van der Waals surface area contributed by atoms with Gasteiger partial charge in [-0.15, -0.1) is 0 Å². The molecule has 1 heterocycles. The Morgan fingerprint density at radius 3 is 2.79 bits per heavy atom. The molecular formula is C11H11NO2. The third kappa shape index (κ3) is 1.18. The fourth-order valence-corrected chi connectivity index (χ4v) is 1.68. The third-order valence-electron chi connectivity index (χ3n) is 2.46. The summed E-state index contributed by atoms with van der Waals surface area (Å²) in [6, 6.07) is 5.39. The SMILES string of the molecule is Cc1cc(C(=O)O)cc2c1ccn2C. The molecule has 2 aromatic rings. The number of aryl methyl sites for hydroxylation is 2. The Morgan fingerprint density at radius 2 is 2.14 bits per heavy atom. The largest absolute Gasteiger partial charge is 0.478 e. The molecule has 72 valence electrons. The molecule has 0 atom stereocenters. The lowest BCUT2D eigenvalue weighted by atomic mass is 10.1. The van der Waals surface area contributed by atoms with Crippen LogP contribution in [0, 0.1) is 6.92 Å². The monoisotopic (exact) mass is 189 g/mol. The zero-order valence-electron chi connectivity index (χ0n) is 8.11. The highest BCUT2D eigenvalue weighted by atomic mass is 16.4. The van der Waals surface area contributed by atoms with Gasteiger partial charge in [0.25, 0.3) is 0 Å². The first kappa shape index (κ1) is 8.81. The smallest absolute Gasteiger partial charge is 0.335 e. The van der Waals surface area contributed by atoms with Gasteiger partial charge in [-0.2, -0.15) is 0 Å². The molecule has 0 radical (unpaired) electrons. The molecule has 0 saturated heterocycles. The van der Waals surface area contributed by atoms with Crippen LogP contribution in [-0.4, -0.2) is 15.6 Å². The highest BCUT2D eigenvalue weighted by molar-refractivity contribution is 5.95. The summed E-state index contributed by atoms with van der Waals surface area (Å²) in [6.07, 6.45) is 1.93. The van der Waals surface area contributed by atoms with Crippen molar-refractivity contribution >= 4 is 16.9 Å². The molecule has 0 unspecified atom stereocenters. The molecule has 3 heteroatoms. The van der Waals surface area contributed by atoms with Crippen LogP contribution in [0.1, 0.15) is 15.9 Å². The van der Waals surface area contributed by atoms with Crippen LogP contribution in [0.15, 0.2) is 24.4 Å². The summed E-state index contributed by atoms with van der Waals surface area (Å²) in [7, 11) is 1.91. The number of aromatic nitrogens is 1. The van der Waals surface area contributed by atoms with E-state index in [1.807, 2.05) is 30.8 Å². The van der Waals surface area contributed by atoms with E-state index in [-0.39, 0.29) is 0 Å². The molecule has 14 heavy (non-hydrogen) atoms. The topological polar surface area (TPSA) is 42.2 Å². The van der Waals surface area contributed by atoms with Gasteiger partial charge in [0.05, 0.1) is 5.56 Å². The van der Waals surface area contributed by atoms with Crippen molar-refractivity contribution in [1.82, 2.24) is 4.57 Å². The van der Waals surface area contributed by atoms with Crippen LogP contribution in [0.2, 0.25) is 0 Å². The number of rotatable bonds is 1. The van der Waals surface area contributed by atoms with Crippen molar-refractivity contribution < 1.29 is 9.90 Å². The molecular weight excluding hydrogens is 178 g/mol. The number of aromatic carboxylic acids is 1. The molecule has 0 spiro atoms. The standard InChI is InChI=1S/C11H11NO2/c1-7-5-8(11(13)14)6-10-9(7)3-4-12(10)2/h3-6H,1-2H3,(H,13,14). The summed E-state index contributed by atoms with van der Waals surface area (Å²) < 4.78 is 1.93. The molecule has 1 N–H and O–H groups in total. The van der Waals surface area contributed by atoms with Gasteiger partial charge in [0.2, 0.25) is 0 Å². The Labute approximate surface area is 81.6 Å². The average molecular weight is 189 g/mol. The molecule has 0 aliphatic rings. The van der Waals surface area contributed by atoms with Crippen molar-refractivity contribution in [2.75, 3.05) is 0 Å². The van der Waals surface area contributed by atoms with Crippen LogP contribution in [-0.2, 0) is 7.05 Å². The first-order chi connectivity index (χ1) is 6.59. The maximum Gasteiger partial charge on any atom is 0.335 e. The number of carbonyl (C=O) groups is 1. The van der Waals surface area contributed by atoms with Crippen molar-refractivity contribution in [3.05, 3.63) is 35.5 Å². The van der Waals surface area contributed by atoms with Crippen molar-refractivity contribution in [1.29, 1.82) is 0 Å². The first-order valence-corrected chi connectivity index (χ1v) is 4.38. The minimum atomic E-state index is -0.879. The highest BCUT2D eigenvalue weighted by Crippen LogP contribution is 2.21. The van der Waals surface area contributed by atoms with Crippen LogP contribution in [0.25, 0.3) is 10.9 Å². The van der Waals surface area contributed by atoms with E-state index in [1.165, 1.54) is 0 Å². The molecule has 2 rings (SSSR count). The Balaban J connectivity index is 2.82. The summed E-state index contributed by atoms with van der Waals surface area (Å²) >= 11 is 0. The van der Waals surface area contributed by atoms with Gasteiger partial charge < -0.3 is 9.67 Å². The van der Waals surface area contributed by atoms with Gasteiger partial charge in [0, 0.05) is 24.1 Å². The van der Waals surface area contributed by atoms with E-state index in [0.717, 1.165) is 16.5 Å². The fraction of sp³-hybridized carbons (Fsp3) is 0.182. The minimum Gasteiger partial charge on any atom is -0.478 e. The lowest BCUT2D eigenvalue weighted by molar-refractivity contribution is 0.0697. The second-order valence-corrected chi connectivity index (χ2v) is 3.46. The van der Waals surface area contributed by atoms with E-state index in [1.54, 1.807) is 12.1 Å². The average Bonchev–Trinajstić information content (AvgIpc) is 2.48. The number of fused-ring (bicyclic) bond motifs is 1. The molecule has 1 aromatic heterocycles. The fourth-order valence-electron chi connectivity index (χ4n) is 1.68. The summed E-state index contributed by atoms with van der Waals surface area (Å²) in [5, 5.41) is 10.00. The maximum absolute atomic E-state index is 10.8. The molecule has 0 aliphatic carbocycles. The summed E-state index contributed by atoms with van der Waals surface area (Å²) in [6.45, 7) is 1.93. The predicted octanol–water partition coefficient (Wildman–Crippen LogP) is 2.18. The Hall–Kier alpha value is -1.77. The van der Waals surface area contributed by atoms with Crippen LogP contribution in [0.4, 0.5) is 0 Å². The van der Waals surface area contributed by atoms with Gasteiger partial charge in [-0.3, -0.25) is 0 Å². The molecule has 0 fully saturated rings. The van der Waals surface area contributed by atoms with Crippen molar-refractivity contribution in [2.24, 2.45) is 7.05 Å². The van der Waals surface area contributed by atoms with Gasteiger partial charge in [-0.25, -0.2) is 4.79 Å². The number of nitrogens with zero attached hydrogens (tertiary/aromatic N) is 1. The Morgan fingerprint density at radius 1 is 1.43 bits per heavy atom. The lowest BCUT2D eigenvalue weighted by Crippen LogP contribution is -1.97. The predicted molar refractivity (Wildman–Crippen MR) is 54.6 cm³/mol. The van der Waals surface area contributed by atoms with Crippen molar-refractivity contribution in [3.8, 4) is 0 Å². The van der Waals surface area contributed by atoms with E-state index < -0.39 is 5.97 Å². The molecule has 3 nitrogen and oxygen atoms in total.